The molecule has 0 spiro atoms. The third-order valence-electron chi connectivity index (χ3n) is 4.48. The van der Waals surface area contributed by atoms with Gasteiger partial charge < -0.3 is 14.8 Å². The van der Waals surface area contributed by atoms with E-state index in [9.17, 15) is 9.18 Å². The van der Waals surface area contributed by atoms with Gasteiger partial charge in [0.2, 0.25) is 5.91 Å². The zero-order chi connectivity index (χ0) is 18.7. The molecule has 2 atom stereocenters. The number of halogens is 1. The van der Waals surface area contributed by atoms with Crippen LogP contribution in [0.4, 0.5) is 10.1 Å². The van der Waals surface area contributed by atoms with E-state index < -0.39 is 6.04 Å². The van der Waals surface area contributed by atoms with Crippen LogP contribution in [-0.2, 0) is 4.79 Å². The molecule has 1 fully saturated rings. The average Bonchev–Trinajstić information content (AvgIpc) is 3.14. The first-order chi connectivity index (χ1) is 12.5. The van der Waals surface area contributed by atoms with E-state index in [1.165, 1.54) is 6.07 Å². The number of hydrogen-bond donors (Lipinski definition) is 3. The number of ether oxygens (including phenoxy) is 2. The second-order valence-corrected chi connectivity index (χ2v) is 6.19. The van der Waals surface area contributed by atoms with Crippen LogP contribution < -0.4 is 25.6 Å². The summed E-state index contributed by atoms with van der Waals surface area (Å²) in [6.07, 6.45) is 0.531. The number of anilines is 1. The molecule has 3 N–H and O–H groups in total. The first-order valence-electron chi connectivity index (χ1n) is 8.32. The van der Waals surface area contributed by atoms with E-state index in [0.717, 1.165) is 5.56 Å². The van der Waals surface area contributed by atoms with Gasteiger partial charge in [0.05, 0.1) is 20.3 Å². The predicted octanol–water partition coefficient (Wildman–Crippen LogP) is 2.70. The molecule has 2 aromatic carbocycles. The Morgan fingerprint density at radius 1 is 1.15 bits per heavy atom. The number of benzene rings is 2. The van der Waals surface area contributed by atoms with Crippen LogP contribution in [0, 0.1) is 12.7 Å². The molecule has 138 valence electrons. The molecular formula is C19H22FN3O3. The van der Waals surface area contributed by atoms with Crippen LogP contribution in [0.15, 0.2) is 36.4 Å². The predicted molar refractivity (Wildman–Crippen MR) is 96.7 cm³/mol. The lowest BCUT2D eigenvalue weighted by Crippen LogP contribution is -2.39. The number of amides is 1. The molecule has 1 saturated heterocycles. The Bertz CT molecular complexity index is 813. The summed E-state index contributed by atoms with van der Waals surface area (Å²) in [4.78, 5) is 12.5. The molecule has 1 amide bonds. The fourth-order valence-electron chi connectivity index (χ4n) is 2.94. The van der Waals surface area contributed by atoms with Gasteiger partial charge in [0.1, 0.15) is 23.4 Å². The minimum absolute atomic E-state index is 0.0960. The molecule has 1 aliphatic rings. The van der Waals surface area contributed by atoms with E-state index in [0.29, 0.717) is 29.2 Å². The molecule has 2 aromatic rings. The highest BCUT2D eigenvalue weighted by atomic mass is 19.1. The molecular weight excluding hydrogens is 337 g/mol. The van der Waals surface area contributed by atoms with Gasteiger partial charge in [-0.25, -0.2) is 15.2 Å². The van der Waals surface area contributed by atoms with Gasteiger partial charge in [-0.1, -0.05) is 12.1 Å². The maximum absolute atomic E-state index is 13.6. The van der Waals surface area contributed by atoms with Crippen LogP contribution >= 0.6 is 0 Å². The molecule has 0 aliphatic carbocycles. The van der Waals surface area contributed by atoms with E-state index in [-0.39, 0.29) is 17.8 Å². The Labute approximate surface area is 151 Å². The Morgan fingerprint density at radius 2 is 1.96 bits per heavy atom. The van der Waals surface area contributed by atoms with Gasteiger partial charge in [-0.15, -0.1) is 0 Å². The van der Waals surface area contributed by atoms with Crippen molar-refractivity contribution in [3.63, 3.8) is 0 Å². The summed E-state index contributed by atoms with van der Waals surface area (Å²) >= 11 is 0. The SMILES string of the molecule is COc1ccc(C2CC(C(=O)Nc3ccc(C)c(F)c3)NN2)c(OC)c1. The molecule has 3 rings (SSSR count). The van der Waals surface area contributed by atoms with E-state index in [1.807, 2.05) is 12.1 Å². The minimum Gasteiger partial charge on any atom is -0.497 e. The van der Waals surface area contributed by atoms with Crippen LogP contribution in [-0.4, -0.2) is 26.2 Å². The van der Waals surface area contributed by atoms with Crippen molar-refractivity contribution in [2.75, 3.05) is 19.5 Å². The van der Waals surface area contributed by atoms with Crippen LogP contribution in [0.2, 0.25) is 0 Å². The van der Waals surface area contributed by atoms with E-state index in [4.69, 9.17) is 9.47 Å². The van der Waals surface area contributed by atoms with Gasteiger partial charge in [0.15, 0.2) is 0 Å². The summed E-state index contributed by atoms with van der Waals surface area (Å²) < 4.78 is 24.3. The van der Waals surface area contributed by atoms with Crippen LogP contribution in [0.5, 0.6) is 11.5 Å². The molecule has 0 radical (unpaired) electrons. The molecule has 0 aromatic heterocycles. The van der Waals surface area contributed by atoms with Gasteiger partial charge in [0, 0.05) is 17.3 Å². The number of carbonyl (C=O) groups is 1. The third-order valence-corrected chi connectivity index (χ3v) is 4.48. The summed E-state index contributed by atoms with van der Waals surface area (Å²) in [6.45, 7) is 1.68. The third kappa shape index (κ3) is 3.79. The minimum atomic E-state index is -0.448. The van der Waals surface area contributed by atoms with Gasteiger partial charge in [0.25, 0.3) is 0 Å². The maximum atomic E-state index is 13.6. The largest absolute Gasteiger partial charge is 0.497 e. The van der Waals surface area contributed by atoms with Crippen molar-refractivity contribution in [1.29, 1.82) is 0 Å². The quantitative estimate of drug-likeness (QED) is 0.766. The van der Waals surface area contributed by atoms with Gasteiger partial charge >= 0.3 is 0 Å². The van der Waals surface area contributed by atoms with Crippen molar-refractivity contribution in [3.05, 3.63) is 53.3 Å². The van der Waals surface area contributed by atoms with Crippen molar-refractivity contribution in [3.8, 4) is 11.5 Å². The van der Waals surface area contributed by atoms with Gasteiger partial charge in [-0.2, -0.15) is 0 Å². The average molecular weight is 359 g/mol. The van der Waals surface area contributed by atoms with Crippen molar-refractivity contribution < 1.29 is 18.7 Å². The molecule has 26 heavy (non-hydrogen) atoms. The van der Waals surface area contributed by atoms with E-state index in [1.54, 1.807) is 39.3 Å². The lowest BCUT2D eigenvalue weighted by atomic mass is 10.0. The summed E-state index contributed by atoms with van der Waals surface area (Å²) in [5.74, 6) is 0.814. The lowest BCUT2D eigenvalue weighted by molar-refractivity contribution is -0.117. The number of hydrazine groups is 1. The monoisotopic (exact) mass is 359 g/mol. The number of methoxy groups -OCH3 is 2. The zero-order valence-electron chi connectivity index (χ0n) is 14.9. The fourth-order valence-corrected chi connectivity index (χ4v) is 2.94. The highest BCUT2D eigenvalue weighted by Crippen LogP contribution is 2.33. The Hall–Kier alpha value is -2.64. The first kappa shape index (κ1) is 18.2. The number of nitrogens with one attached hydrogen (secondary N) is 3. The van der Waals surface area contributed by atoms with Crippen molar-refractivity contribution in [2.24, 2.45) is 0 Å². The van der Waals surface area contributed by atoms with Crippen LogP contribution in [0.3, 0.4) is 0 Å². The van der Waals surface area contributed by atoms with E-state index in [2.05, 4.69) is 16.2 Å². The normalized spacial score (nSPS) is 19.2. The van der Waals surface area contributed by atoms with Gasteiger partial charge in [-0.05, 0) is 37.1 Å². The van der Waals surface area contributed by atoms with Crippen molar-refractivity contribution in [1.82, 2.24) is 10.9 Å². The second kappa shape index (κ2) is 7.72. The molecule has 1 heterocycles. The van der Waals surface area contributed by atoms with Crippen molar-refractivity contribution >= 4 is 11.6 Å². The summed E-state index contributed by atoms with van der Waals surface area (Å²) in [5, 5.41) is 2.74. The molecule has 7 heteroatoms. The van der Waals surface area contributed by atoms with E-state index >= 15 is 0 Å². The molecule has 2 unspecified atom stereocenters. The standard InChI is InChI=1S/C19H22FN3O3/c1-11-4-5-12(8-15(11)20)21-19(24)17-10-16(22-23-17)14-7-6-13(25-2)9-18(14)26-3/h4-9,16-17,22-23H,10H2,1-3H3,(H,21,24). The van der Waals surface area contributed by atoms with Crippen LogP contribution in [0.25, 0.3) is 0 Å². The Kier molecular flexibility index (Phi) is 5.39. The van der Waals surface area contributed by atoms with Crippen molar-refractivity contribution in [2.45, 2.75) is 25.4 Å². The maximum Gasteiger partial charge on any atom is 0.242 e. The summed E-state index contributed by atoms with van der Waals surface area (Å²) in [6, 6.07) is 9.66. The number of aryl methyl sites for hydroxylation is 1. The number of rotatable bonds is 5. The smallest absolute Gasteiger partial charge is 0.242 e. The molecule has 0 saturated carbocycles. The second-order valence-electron chi connectivity index (χ2n) is 6.19. The zero-order valence-corrected chi connectivity index (χ0v) is 14.9. The lowest BCUT2D eigenvalue weighted by Gasteiger charge is -2.15. The molecule has 6 nitrogen and oxygen atoms in total. The Balaban J connectivity index is 1.68. The number of carbonyl (C=O) groups excluding carboxylic acids is 1. The Morgan fingerprint density at radius 3 is 2.65 bits per heavy atom. The van der Waals surface area contributed by atoms with Crippen LogP contribution in [0.1, 0.15) is 23.6 Å². The number of hydrogen-bond acceptors (Lipinski definition) is 5. The topological polar surface area (TPSA) is 71.6 Å². The van der Waals surface area contributed by atoms with Gasteiger partial charge in [-0.3, -0.25) is 4.79 Å². The molecule has 1 aliphatic heterocycles. The summed E-state index contributed by atoms with van der Waals surface area (Å²) in [5.41, 5.74) is 8.01. The fraction of sp³-hybridized carbons (Fsp3) is 0.316. The highest BCUT2D eigenvalue weighted by Gasteiger charge is 2.31. The first-order valence-corrected chi connectivity index (χ1v) is 8.32. The highest BCUT2D eigenvalue weighted by molar-refractivity contribution is 5.95. The molecule has 0 bridgehead atoms. The summed E-state index contributed by atoms with van der Waals surface area (Å²) in [7, 11) is 3.19.